The summed E-state index contributed by atoms with van der Waals surface area (Å²) in [7, 11) is 0. The molecule has 30 heavy (non-hydrogen) atoms. The number of piperidine rings is 1. The molecule has 1 amide bonds. The molecule has 2 N–H and O–H groups in total. The van der Waals surface area contributed by atoms with Crippen molar-refractivity contribution < 1.29 is 18.4 Å². The molecule has 1 aliphatic rings. The first-order valence-corrected chi connectivity index (χ1v) is 9.72. The van der Waals surface area contributed by atoms with Crippen LogP contribution in [-0.4, -0.2) is 58.3 Å². The molecule has 1 fully saturated rings. The highest BCUT2D eigenvalue weighted by atomic mass is 19.3. The predicted molar refractivity (Wildman–Crippen MR) is 110 cm³/mol. The van der Waals surface area contributed by atoms with Gasteiger partial charge in [0.25, 0.3) is 5.91 Å². The third-order valence-corrected chi connectivity index (χ3v) is 4.99. The number of benzene rings is 1. The van der Waals surface area contributed by atoms with E-state index in [1.165, 1.54) is 6.20 Å². The van der Waals surface area contributed by atoms with Crippen molar-refractivity contribution in [3.05, 3.63) is 42.4 Å². The number of nitrogens with zero attached hydrogens (tertiary/aromatic N) is 4. The molecule has 0 aliphatic carbocycles. The Morgan fingerprint density at radius 2 is 1.97 bits per heavy atom. The topological polar surface area (TPSA) is 102 Å². The number of rotatable bonds is 7. The second-order valence-corrected chi connectivity index (χ2v) is 7.08. The fraction of sp³-hybridized carbons (Fsp3) is 0.381. The minimum atomic E-state index is -3.51. The van der Waals surface area contributed by atoms with Crippen molar-refractivity contribution in [1.29, 1.82) is 0 Å². The van der Waals surface area contributed by atoms with Crippen LogP contribution in [0.25, 0.3) is 16.6 Å². The van der Waals surface area contributed by atoms with Crippen LogP contribution in [0.5, 0.6) is 0 Å². The number of carbonyl (C=O) groups excluding carboxylic acids is 2. The molecule has 1 aliphatic heterocycles. The molecule has 0 radical (unpaired) electrons. The van der Waals surface area contributed by atoms with Gasteiger partial charge in [-0.3, -0.25) is 14.8 Å². The maximum atomic E-state index is 13.9. The molecule has 1 aromatic heterocycles. The Kier molecular flexibility index (Phi) is 6.81. The molecule has 158 valence electrons. The summed E-state index contributed by atoms with van der Waals surface area (Å²) in [6, 6.07) is 7.37. The van der Waals surface area contributed by atoms with Gasteiger partial charge in [0.15, 0.2) is 0 Å². The van der Waals surface area contributed by atoms with Gasteiger partial charge < -0.3 is 15.4 Å². The van der Waals surface area contributed by atoms with Crippen molar-refractivity contribution in [3.63, 3.8) is 0 Å². The normalized spacial score (nSPS) is 16.3. The van der Waals surface area contributed by atoms with Crippen LogP contribution in [0.2, 0.25) is 0 Å². The molecule has 7 nitrogen and oxygen atoms in total. The maximum absolute atomic E-state index is 13.9. The number of hydrogen-bond donors (Lipinski definition) is 1. The van der Waals surface area contributed by atoms with Gasteiger partial charge in [0.1, 0.15) is 6.29 Å². The highest BCUT2D eigenvalue weighted by Gasteiger charge is 2.42. The van der Waals surface area contributed by atoms with E-state index in [2.05, 4.69) is 15.0 Å². The standard InChI is InChI=1S/C21H23F2N5O2/c22-21(23,8-3-11-29)20(30)28-9-6-16(7-10-28)25-13-15(12-24)19-14-26-17-4-1-2-5-18(17)27-19/h1-2,4-5,11-14,16H,3,6-10,24H2. The zero-order valence-corrected chi connectivity index (χ0v) is 16.4. The number of hydrogen-bond acceptors (Lipinski definition) is 6. The lowest BCUT2D eigenvalue weighted by Gasteiger charge is -2.32. The van der Waals surface area contributed by atoms with Crippen LogP contribution in [0.1, 0.15) is 31.4 Å². The maximum Gasteiger partial charge on any atom is 0.325 e. The second-order valence-electron chi connectivity index (χ2n) is 7.08. The van der Waals surface area contributed by atoms with E-state index in [9.17, 15) is 18.4 Å². The van der Waals surface area contributed by atoms with Crippen molar-refractivity contribution in [1.82, 2.24) is 14.9 Å². The van der Waals surface area contributed by atoms with Crippen molar-refractivity contribution in [2.75, 3.05) is 13.1 Å². The molecule has 2 heterocycles. The minimum Gasteiger partial charge on any atom is -0.404 e. The molecule has 0 atom stereocenters. The molecule has 0 saturated carbocycles. The first-order chi connectivity index (χ1) is 14.4. The van der Waals surface area contributed by atoms with E-state index in [0.29, 0.717) is 30.4 Å². The van der Waals surface area contributed by atoms with E-state index < -0.39 is 18.3 Å². The third-order valence-electron chi connectivity index (χ3n) is 4.99. The minimum absolute atomic E-state index is 0.110. The number of amides is 1. The fourth-order valence-electron chi connectivity index (χ4n) is 3.27. The van der Waals surface area contributed by atoms with E-state index in [-0.39, 0.29) is 25.6 Å². The predicted octanol–water partition coefficient (Wildman–Crippen LogP) is 2.61. The number of nitrogens with two attached hydrogens (primary N) is 1. The zero-order chi connectivity index (χ0) is 21.6. The van der Waals surface area contributed by atoms with Gasteiger partial charge in [0, 0.05) is 43.9 Å². The third kappa shape index (κ3) is 5.03. The molecule has 0 bridgehead atoms. The molecule has 0 unspecified atom stereocenters. The lowest BCUT2D eigenvalue weighted by molar-refractivity contribution is -0.159. The van der Waals surface area contributed by atoms with Gasteiger partial charge >= 0.3 is 5.92 Å². The Labute approximate surface area is 172 Å². The summed E-state index contributed by atoms with van der Waals surface area (Å²) in [5, 5.41) is 0. The van der Waals surface area contributed by atoms with E-state index >= 15 is 0 Å². The number of aliphatic imine (C=N–C) groups is 1. The van der Waals surface area contributed by atoms with Crippen LogP contribution in [0.15, 0.2) is 41.7 Å². The Morgan fingerprint density at radius 3 is 2.63 bits per heavy atom. The van der Waals surface area contributed by atoms with Crippen molar-refractivity contribution in [2.45, 2.75) is 37.6 Å². The molecule has 0 spiro atoms. The lowest BCUT2D eigenvalue weighted by atomic mass is 10.0. The van der Waals surface area contributed by atoms with Gasteiger partial charge in [-0.05, 0) is 25.0 Å². The summed E-state index contributed by atoms with van der Waals surface area (Å²) >= 11 is 0. The van der Waals surface area contributed by atoms with Gasteiger partial charge in [-0.25, -0.2) is 4.98 Å². The van der Waals surface area contributed by atoms with Gasteiger partial charge in [-0.15, -0.1) is 0 Å². The van der Waals surface area contributed by atoms with Crippen molar-refractivity contribution in [2.24, 2.45) is 10.7 Å². The van der Waals surface area contributed by atoms with E-state index in [1.54, 1.807) is 12.4 Å². The van der Waals surface area contributed by atoms with Crippen LogP contribution in [0, 0.1) is 0 Å². The first-order valence-electron chi connectivity index (χ1n) is 9.72. The summed E-state index contributed by atoms with van der Waals surface area (Å²) in [4.78, 5) is 36.9. The number of likely N-dealkylation sites (tertiary alicyclic amines) is 1. The second kappa shape index (κ2) is 9.51. The lowest BCUT2D eigenvalue weighted by Crippen LogP contribution is -2.47. The molecule has 3 rings (SSSR count). The molecule has 9 heteroatoms. The number of fused-ring (bicyclic) bond motifs is 1. The number of aldehydes is 1. The quantitative estimate of drug-likeness (QED) is 0.553. The summed E-state index contributed by atoms with van der Waals surface area (Å²) in [5.74, 6) is -4.73. The smallest absolute Gasteiger partial charge is 0.325 e. The monoisotopic (exact) mass is 415 g/mol. The molecule has 2 aromatic rings. The number of allylic oxidation sites excluding steroid dienone is 1. The van der Waals surface area contributed by atoms with Crippen LogP contribution in [0.4, 0.5) is 8.78 Å². The summed E-state index contributed by atoms with van der Waals surface area (Å²) in [6.45, 7) is 0.379. The van der Waals surface area contributed by atoms with Crippen LogP contribution >= 0.6 is 0 Å². The Morgan fingerprint density at radius 1 is 1.27 bits per heavy atom. The van der Waals surface area contributed by atoms with Crippen molar-refractivity contribution >= 4 is 35.0 Å². The number of halogens is 2. The van der Waals surface area contributed by atoms with Gasteiger partial charge in [-0.2, -0.15) is 8.78 Å². The highest BCUT2D eigenvalue weighted by Crippen LogP contribution is 2.25. The number of para-hydroxylation sites is 2. The van der Waals surface area contributed by atoms with E-state index in [4.69, 9.17) is 5.73 Å². The van der Waals surface area contributed by atoms with Gasteiger partial charge in [-0.1, -0.05) is 12.1 Å². The van der Waals surface area contributed by atoms with Crippen LogP contribution < -0.4 is 5.73 Å². The van der Waals surface area contributed by atoms with Gasteiger partial charge in [0.05, 0.1) is 29.0 Å². The van der Waals surface area contributed by atoms with Crippen LogP contribution in [-0.2, 0) is 9.59 Å². The highest BCUT2D eigenvalue weighted by molar-refractivity contribution is 6.09. The molecular formula is C21H23F2N5O2. The molecular weight excluding hydrogens is 392 g/mol. The molecule has 1 saturated heterocycles. The zero-order valence-electron chi connectivity index (χ0n) is 16.4. The summed E-state index contributed by atoms with van der Waals surface area (Å²) in [5.41, 5.74) is 8.44. The summed E-state index contributed by atoms with van der Waals surface area (Å²) < 4.78 is 27.7. The number of carbonyl (C=O) groups is 2. The fourth-order valence-corrected chi connectivity index (χ4v) is 3.27. The van der Waals surface area contributed by atoms with E-state index in [1.807, 2.05) is 24.3 Å². The average Bonchev–Trinajstić information content (AvgIpc) is 2.78. The van der Waals surface area contributed by atoms with Gasteiger partial charge in [0.2, 0.25) is 0 Å². The molecule has 1 aromatic carbocycles. The SMILES string of the molecule is NC=C(C=NC1CCN(C(=O)C(F)(F)CCC=O)CC1)c1cnc2ccccc2n1. The number of alkyl halides is 2. The Hall–Kier alpha value is -3.23. The Balaban J connectivity index is 1.60. The van der Waals surface area contributed by atoms with Crippen LogP contribution in [0.3, 0.4) is 0 Å². The van der Waals surface area contributed by atoms with E-state index in [0.717, 1.165) is 15.9 Å². The largest absolute Gasteiger partial charge is 0.404 e. The Bertz CT molecular complexity index is 969. The first kappa shape index (κ1) is 21.5. The average molecular weight is 415 g/mol. The van der Waals surface area contributed by atoms with Crippen molar-refractivity contribution in [3.8, 4) is 0 Å². The number of aromatic nitrogens is 2. The summed E-state index contributed by atoms with van der Waals surface area (Å²) in [6.07, 6.45) is 4.85.